The first-order valence-electron chi connectivity index (χ1n) is 11.4. The van der Waals surface area contributed by atoms with Crippen LogP contribution in [0.2, 0.25) is 0 Å². The highest BCUT2D eigenvalue weighted by Crippen LogP contribution is 2.22. The molecular weight excluding hydrogens is 448 g/mol. The van der Waals surface area contributed by atoms with Crippen molar-refractivity contribution in [3.8, 4) is 0 Å². The van der Waals surface area contributed by atoms with Crippen molar-refractivity contribution in [2.24, 2.45) is 0 Å². The number of hydrogen-bond donors (Lipinski definition) is 1. The Morgan fingerprint density at radius 1 is 1.03 bits per heavy atom. The number of rotatable bonds is 11. The van der Waals surface area contributed by atoms with Gasteiger partial charge >= 0.3 is 6.09 Å². The minimum atomic E-state index is -0.369. The van der Waals surface area contributed by atoms with E-state index in [1.54, 1.807) is 0 Å². The molecule has 6 nitrogen and oxygen atoms in total. The number of piperidine rings is 1. The fourth-order valence-corrected chi connectivity index (χ4v) is 4.42. The van der Waals surface area contributed by atoms with Gasteiger partial charge in [0, 0.05) is 17.6 Å². The van der Waals surface area contributed by atoms with Gasteiger partial charge < -0.3 is 19.1 Å². The van der Waals surface area contributed by atoms with E-state index in [2.05, 4.69) is 26.1 Å². The summed E-state index contributed by atoms with van der Waals surface area (Å²) in [6, 6.07) is 7.55. The molecule has 2 saturated heterocycles. The molecule has 1 aromatic rings. The average molecular weight is 483 g/mol. The minimum absolute atomic E-state index is 0.0107. The number of likely N-dealkylation sites (tertiary alicyclic amines) is 1. The number of anilines is 1. The lowest BCUT2D eigenvalue weighted by atomic mass is 10.1. The molecule has 1 amide bonds. The largest absolute Gasteiger partial charge is 0.446 e. The van der Waals surface area contributed by atoms with Gasteiger partial charge in [-0.1, -0.05) is 37.8 Å². The maximum absolute atomic E-state index is 12.1. The summed E-state index contributed by atoms with van der Waals surface area (Å²) in [5.74, 6) is 0. The third kappa shape index (κ3) is 8.53. The van der Waals surface area contributed by atoms with E-state index in [1.807, 2.05) is 24.3 Å². The lowest BCUT2D eigenvalue weighted by molar-refractivity contribution is -0.0480. The average Bonchev–Trinajstić information content (AvgIpc) is 3.26. The summed E-state index contributed by atoms with van der Waals surface area (Å²) in [4.78, 5) is 14.6. The molecule has 30 heavy (non-hydrogen) atoms. The van der Waals surface area contributed by atoms with Crippen LogP contribution in [0.3, 0.4) is 0 Å². The molecule has 1 N–H and O–H groups in total. The van der Waals surface area contributed by atoms with Crippen LogP contribution in [-0.4, -0.2) is 56.2 Å². The van der Waals surface area contributed by atoms with Gasteiger partial charge in [-0.25, -0.2) is 4.79 Å². The van der Waals surface area contributed by atoms with Crippen molar-refractivity contribution >= 4 is 27.7 Å². The monoisotopic (exact) mass is 482 g/mol. The van der Waals surface area contributed by atoms with Crippen molar-refractivity contribution in [3.05, 3.63) is 28.7 Å². The Morgan fingerprint density at radius 3 is 2.43 bits per heavy atom. The molecule has 2 fully saturated rings. The number of benzene rings is 1. The molecule has 0 atom stereocenters. The minimum Gasteiger partial charge on any atom is -0.446 e. The van der Waals surface area contributed by atoms with Gasteiger partial charge in [0.05, 0.1) is 18.9 Å². The van der Waals surface area contributed by atoms with Crippen LogP contribution in [0.15, 0.2) is 28.7 Å². The predicted octanol–water partition coefficient (Wildman–Crippen LogP) is 5.57. The van der Waals surface area contributed by atoms with Crippen LogP contribution < -0.4 is 5.32 Å². The summed E-state index contributed by atoms with van der Waals surface area (Å²) in [6.07, 6.45) is 10.2. The summed E-state index contributed by atoms with van der Waals surface area (Å²) in [6.45, 7) is 4.68. The summed E-state index contributed by atoms with van der Waals surface area (Å²) >= 11 is 3.43. The number of carbonyl (C=O) groups is 1. The van der Waals surface area contributed by atoms with Crippen LogP contribution in [0.5, 0.6) is 0 Å². The molecule has 1 aromatic carbocycles. The Morgan fingerprint density at radius 2 is 1.70 bits per heavy atom. The highest BCUT2D eigenvalue weighted by molar-refractivity contribution is 9.10. The lowest BCUT2D eigenvalue weighted by Gasteiger charge is -2.31. The fourth-order valence-electron chi connectivity index (χ4n) is 4.03. The molecule has 0 saturated carbocycles. The normalized spacial score (nSPS) is 18.6. The smallest absolute Gasteiger partial charge is 0.411 e. The Labute approximate surface area is 188 Å². The van der Waals surface area contributed by atoms with Crippen LogP contribution >= 0.6 is 15.9 Å². The summed E-state index contributed by atoms with van der Waals surface area (Å²) in [5.41, 5.74) is 0.736. The SMILES string of the molecule is O=C(Nc1ccccc1Br)OC1CCN(CCCCCCCCC2OCCO2)CC1. The Kier molecular flexibility index (Phi) is 10.4. The third-order valence-corrected chi connectivity index (χ3v) is 6.47. The summed E-state index contributed by atoms with van der Waals surface area (Å²) in [7, 11) is 0. The van der Waals surface area contributed by atoms with Gasteiger partial charge in [0.2, 0.25) is 0 Å². The van der Waals surface area contributed by atoms with Gasteiger partial charge in [-0.05, 0) is 66.7 Å². The molecule has 2 heterocycles. The fraction of sp³-hybridized carbons (Fsp3) is 0.696. The molecular formula is C23H35BrN2O4. The second-order valence-corrected chi connectivity index (χ2v) is 8.99. The number of unbranched alkanes of at least 4 members (excludes halogenated alkanes) is 5. The molecule has 2 aliphatic heterocycles. The zero-order chi connectivity index (χ0) is 21.0. The number of amides is 1. The number of carbonyl (C=O) groups excluding carboxylic acids is 1. The first-order valence-corrected chi connectivity index (χ1v) is 12.2. The lowest BCUT2D eigenvalue weighted by Crippen LogP contribution is -2.38. The maximum Gasteiger partial charge on any atom is 0.411 e. The number of ether oxygens (including phenoxy) is 3. The molecule has 0 bridgehead atoms. The third-order valence-electron chi connectivity index (χ3n) is 5.77. The predicted molar refractivity (Wildman–Crippen MR) is 122 cm³/mol. The van der Waals surface area contributed by atoms with Gasteiger partial charge in [0.25, 0.3) is 0 Å². The van der Waals surface area contributed by atoms with Crippen molar-refractivity contribution in [2.75, 3.05) is 38.2 Å². The second kappa shape index (κ2) is 13.3. The highest BCUT2D eigenvalue weighted by Gasteiger charge is 2.22. The van der Waals surface area contributed by atoms with Crippen molar-refractivity contribution < 1.29 is 19.0 Å². The number of hydrogen-bond acceptors (Lipinski definition) is 5. The molecule has 7 heteroatoms. The van der Waals surface area contributed by atoms with Crippen molar-refractivity contribution in [2.45, 2.75) is 70.2 Å². The molecule has 0 aliphatic carbocycles. The first-order chi connectivity index (χ1) is 14.7. The van der Waals surface area contributed by atoms with E-state index < -0.39 is 0 Å². The Hall–Kier alpha value is -1.15. The molecule has 2 aliphatic rings. The Balaban J connectivity index is 1.17. The van der Waals surface area contributed by atoms with Gasteiger partial charge in [-0.2, -0.15) is 0 Å². The summed E-state index contributed by atoms with van der Waals surface area (Å²) in [5, 5.41) is 2.81. The first kappa shape index (κ1) is 23.5. The van der Waals surface area contributed by atoms with Crippen molar-refractivity contribution in [3.63, 3.8) is 0 Å². The summed E-state index contributed by atoms with van der Waals surface area (Å²) < 4.78 is 17.4. The molecule has 3 rings (SSSR count). The molecule has 0 spiro atoms. The second-order valence-electron chi connectivity index (χ2n) is 8.13. The Bertz CT molecular complexity index is 631. The van der Waals surface area contributed by atoms with Gasteiger partial charge in [0.1, 0.15) is 6.10 Å². The van der Waals surface area contributed by atoms with Gasteiger partial charge in [-0.15, -0.1) is 0 Å². The number of halogens is 1. The van der Waals surface area contributed by atoms with Crippen LogP contribution in [0.25, 0.3) is 0 Å². The van der Waals surface area contributed by atoms with E-state index in [-0.39, 0.29) is 18.5 Å². The van der Waals surface area contributed by atoms with Crippen molar-refractivity contribution in [1.82, 2.24) is 4.90 Å². The molecule has 0 radical (unpaired) electrons. The molecule has 0 aromatic heterocycles. The van der Waals surface area contributed by atoms with Crippen LogP contribution in [0, 0.1) is 0 Å². The van der Waals surface area contributed by atoms with E-state index in [1.165, 1.54) is 38.5 Å². The quantitative estimate of drug-likeness (QED) is 0.418. The van der Waals surface area contributed by atoms with Crippen molar-refractivity contribution in [1.29, 1.82) is 0 Å². The zero-order valence-corrected chi connectivity index (χ0v) is 19.4. The van der Waals surface area contributed by atoms with E-state index in [0.29, 0.717) is 0 Å². The van der Waals surface area contributed by atoms with E-state index in [4.69, 9.17) is 14.2 Å². The number of nitrogens with one attached hydrogen (secondary N) is 1. The highest BCUT2D eigenvalue weighted by atomic mass is 79.9. The maximum atomic E-state index is 12.1. The zero-order valence-electron chi connectivity index (χ0n) is 17.8. The number of para-hydroxylation sites is 1. The van der Waals surface area contributed by atoms with E-state index >= 15 is 0 Å². The van der Waals surface area contributed by atoms with Gasteiger partial charge in [0.15, 0.2) is 6.29 Å². The standard InChI is InChI=1S/C23H35BrN2O4/c24-20-9-6-7-10-21(20)25-23(27)30-19-12-15-26(16-13-19)14-8-4-2-1-3-5-11-22-28-17-18-29-22/h6-7,9-10,19,22H,1-5,8,11-18H2,(H,25,27). The van der Waals surface area contributed by atoms with Crippen LogP contribution in [-0.2, 0) is 14.2 Å². The number of nitrogens with zero attached hydrogens (tertiary/aromatic N) is 1. The topological polar surface area (TPSA) is 60.0 Å². The molecule has 0 unspecified atom stereocenters. The van der Waals surface area contributed by atoms with Gasteiger partial charge in [-0.3, -0.25) is 5.32 Å². The van der Waals surface area contributed by atoms with E-state index in [9.17, 15) is 4.79 Å². The van der Waals surface area contributed by atoms with Crippen LogP contribution in [0.4, 0.5) is 10.5 Å². The van der Waals surface area contributed by atoms with Crippen LogP contribution in [0.1, 0.15) is 57.8 Å². The molecule has 168 valence electrons. The van der Waals surface area contributed by atoms with E-state index in [0.717, 1.165) is 62.3 Å².